The van der Waals surface area contributed by atoms with Crippen LogP contribution in [-0.2, 0) is 14.4 Å². The molecule has 0 radical (unpaired) electrons. The molecule has 0 bridgehead atoms. The molecule has 4 aliphatic rings. The third-order valence-electron chi connectivity index (χ3n) is 13.6. The van der Waals surface area contributed by atoms with Gasteiger partial charge in [0.15, 0.2) is 0 Å². The van der Waals surface area contributed by atoms with E-state index in [0.29, 0.717) is 17.7 Å². The van der Waals surface area contributed by atoms with Crippen LogP contribution in [0.25, 0.3) is 0 Å². The van der Waals surface area contributed by atoms with Crippen LogP contribution >= 0.6 is 0 Å². The Hall–Kier alpha value is -5.03. The van der Waals surface area contributed by atoms with E-state index in [4.69, 9.17) is 0 Å². The summed E-state index contributed by atoms with van der Waals surface area (Å²) in [6.07, 6.45) is 15.6. The molecule has 5 amide bonds. The minimum absolute atomic E-state index is 0.0141. The summed E-state index contributed by atoms with van der Waals surface area (Å²) >= 11 is 0. The van der Waals surface area contributed by atoms with Crippen LogP contribution in [0.1, 0.15) is 140 Å². The van der Waals surface area contributed by atoms with Crippen LogP contribution in [0, 0.1) is 17.8 Å². The van der Waals surface area contributed by atoms with Crippen molar-refractivity contribution < 1.29 is 29.1 Å². The second kappa shape index (κ2) is 21.9. The quantitative estimate of drug-likeness (QED) is 0.0804. The second-order valence-corrected chi connectivity index (χ2v) is 18.3. The lowest BCUT2D eigenvalue weighted by molar-refractivity contribution is -0.133. The zero-order valence-corrected chi connectivity index (χ0v) is 36.5. The molecule has 2 aliphatic carbocycles. The molecule has 4 N–H and O–H groups in total. The van der Waals surface area contributed by atoms with Crippen LogP contribution in [0.4, 0.5) is 0 Å². The van der Waals surface area contributed by atoms with Gasteiger partial charge in [-0.2, -0.15) is 0 Å². The molecule has 3 aromatic rings. The Morgan fingerprint density at radius 2 is 0.919 bits per heavy atom. The fraction of sp³-hybridized carbons (Fsp3) is 0.549. The van der Waals surface area contributed by atoms with Crippen molar-refractivity contribution >= 4 is 29.5 Å². The Balaban J connectivity index is 0.877. The van der Waals surface area contributed by atoms with Gasteiger partial charge < -0.3 is 30.9 Å². The maximum atomic E-state index is 13.9. The summed E-state index contributed by atoms with van der Waals surface area (Å²) in [6, 6.07) is 26.5. The van der Waals surface area contributed by atoms with Crippen molar-refractivity contribution in [3.8, 4) is 0 Å². The third kappa shape index (κ3) is 11.9. The minimum Gasteiger partial charge on any atom is -0.390 e. The van der Waals surface area contributed by atoms with E-state index in [1.165, 1.54) is 73.8 Å². The number of rotatable bonds is 22. The van der Waals surface area contributed by atoms with Crippen LogP contribution < -0.4 is 16.0 Å². The number of amides is 5. The number of hydrogen-bond donors (Lipinski definition) is 4. The molecular formula is C51H67N5O6. The number of carbonyl (C=O) groups excluding carboxylic acids is 5. The summed E-state index contributed by atoms with van der Waals surface area (Å²) in [6.45, 7) is 3.18. The van der Waals surface area contributed by atoms with Gasteiger partial charge in [0, 0.05) is 67.8 Å². The first-order chi connectivity index (χ1) is 30.2. The Kier molecular flexibility index (Phi) is 15.9. The molecule has 4 fully saturated rings. The van der Waals surface area contributed by atoms with Crippen molar-refractivity contribution in [3.05, 3.63) is 107 Å². The van der Waals surface area contributed by atoms with Gasteiger partial charge in [-0.05, 0) is 54.7 Å². The molecule has 2 heterocycles. The van der Waals surface area contributed by atoms with Crippen molar-refractivity contribution in [3.63, 3.8) is 0 Å². The summed E-state index contributed by atoms with van der Waals surface area (Å²) in [5, 5.41) is 20.1. The van der Waals surface area contributed by atoms with Gasteiger partial charge in [0.25, 0.3) is 11.8 Å². The van der Waals surface area contributed by atoms with Gasteiger partial charge in [0.2, 0.25) is 17.7 Å². The van der Waals surface area contributed by atoms with Gasteiger partial charge in [0.1, 0.15) is 0 Å². The van der Waals surface area contributed by atoms with E-state index in [9.17, 15) is 29.1 Å². The first kappa shape index (κ1) is 45.0. The first-order valence-electron chi connectivity index (χ1n) is 23.6. The fourth-order valence-electron chi connectivity index (χ4n) is 9.57. The average Bonchev–Trinajstić information content (AvgIpc) is 4.15. The number of aliphatic hydroxyl groups excluding tert-OH is 1. The smallest absolute Gasteiger partial charge is 0.253 e. The summed E-state index contributed by atoms with van der Waals surface area (Å²) < 4.78 is 0. The third-order valence-corrected chi connectivity index (χ3v) is 13.6. The number of benzene rings is 3. The van der Waals surface area contributed by atoms with Crippen molar-refractivity contribution in [2.24, 2.45) is 17.8 Å². The maximum Gasteiger partial charge on any atom is 0.253 e. The average molecular weight is 846 g/mol. The monoisotopic (exact) mass is 846 g/mol. The zero-order chi connectivity index (χ0) is 43.4. The summed E-state index contributed by atoms with van der Waals surface area (Å²) in [4.78, 5) is 71.3. The number of hydrogen-bond acceptors (Lipinski definition) is 6. The van der Waals surface area contributed by atoms with Crippen LogP contribution in [0.15, 0.2) is 84.9 Å². The van der Waals surface area contributed by atoms with Gasteiger partial charge >= 0.3 is 0 Å². The molecule has 0 spiro atoms. The highest BCUT2D eigenvalue weighted by molar-refractivity contribution is 5.99. The summed E-state index contributed by atoms with van der Waals surface area (Å²) in [7, 11) is 0. The number of carbonyl (C=O) groups is 5. The Morgan fingerprint density at radius 1 is 0.516 bits per heavy atom. The van der Waals surface area contributed by atoms with Crippen molar-refractivity contribution in [1.29, 1.82) is 0 Å². The fourth-order valence-corrected chi connectivity index (χ4v) is 9.57. The van der Waals surface area contributed by atoms with E-state index in [1.807, 2.05) is 36.4 Å². The van der Waals surface area contributed by atoms with Crippen LogP contribution in [0.2, 0.25) is 0 Å². The normalized spacial score (nSPS) is 25.0. The largest absolute Gasteiger partial charge is 0.390 e. The predicted molar refractivity (Wildman–Crippen MR) is 240 cm³/mol. The lowest BCUT2D eigenvalue weighted by Gasteiger charge is -2.18. The van der Waals surface area contributed by atoms with E-state index >= 15 is 0 Å². The number of nitrogens with zero attached hydrogens (tertiary/aromatic N) is 2. The predicted octanol–water partition coefficient (Wildman–Crippen LogP) is 6.97. The lowest BCUT2D eigenvalue weighted by atomic mass is 9.94. The number of likely N-dealkylation sites (tertiary alicyclic amines) is 2. The van der Waals surface area contributed by atoms with Crippen molar-refractivity contribution in [2.45, 2.75) is 127 Å². The molecule has 3 aromatic carbocycles. The minimum atomic E-state index is -0.958. The van der Waals surface area contributed by atoms with Crippen LogP contribution in [0.5, 0.6) is 0 Å². The molecule has 0 aromatic heterocycles. The highest BCUT2D eigenvalue weighted by Gasteiger charge is 2.49. The second-order valence-electron chi connectivity index (χ2n) is 18.3. The van der Waals surface area contributed by atoms with Crippen LogP contribution in [0.3, 0.4) is 0 Å². The molecule has 2 aliphatic heterocycles. The van der Waals surface area contributed by atoms with Gasteiger partial charge in [-0.25, -0.2) is 0 Å². The molecule has 2 saturated carbocycles. The molecule has 62 heavy (non-hydrogen) atoms. The summed E-state index contributed by atoms with van der Waals surface area (Å²) in [5.74, 6) is -2.97. The molecule has 2 saturated heterocycles. The standard InChI is InChI=1S/C51H67N5O6/c1-2-3-4-5-6-7-8-9-10-11-12-19-28-52-47(58)43-33-56(34-46(43)57)51(62)38-26-24-37(25-27-38)50(61)55-31-41(48(59)53-44-29-39(44)35-20-15-13-16-21-35)42(32-55)49(60)54-45-30-40(45)36-22-17-14-18-23-36/h13-18,20-27,39-46,57H,2-12,19,28-34H2,1H3,(H,52,58)(H,53,59)(H,54,60)/t39-,40-,41-,42-,43+,44+,45+,46+/m1/s1. The number of β-amino-alcohol motifs (C(OH)–C–C–N with tert-alkyl or cyclic N) is 1. The molecular weight excluding hydrogens is 779 g/mol. The maximum absolute atomic E-state index is 13.9. The number of unbranched alkanes of at least 4 members (excludes halogenated alkanes) is 11. The van der Waals surface area contributed by atoms with E-state index in [0.717, 1.165) is 32.1 Å². The Morgan fingerprint density at radius 3 is 1.37 bits per heavy atom. The van der Waals surface area contributed by atoms with Gasteiger partial charge in [-0.1, -0.05) is 138 Å². The topological polar surface area (TPSA) is 148 Å². The molecule has 11 heteroatoms. The van der Waals surface area contributed by atoms with E-state index in [2.05, 4.69) is 47.1 Å². The molecule has 332 valence electrons. The van der Waals surface area contributed by atoms with Gasteiger partial charge in [-0.3, -0.25) is 24.0 Å². The zero-order valence-electron chi connectivity index (χ0n) is 36.5. The van der Waals surface area contributed by atoms with E-state index in [-0.39, 0.29) is 79.6 Å². The Labute approximate surface area is 367 Å². The number of aliphatic hydroxyl groups is 1. The molecule has 7 rings (SSSR count). The first-order valence-corrected chi connectivity index (χ1v) is 23.6. The van der Waals surface area contributed by atoms with E-state index in [1.54, 1.807) is 29.2 Å². The summed E-state index contributed by atoms with van der Waals surface area (Å²) in [5.41, 5.74) is 3.03. The highest BCUT2D eigenvalue weighted by atomic mass is 16.3. The van der Waals surface area contributed by atoms with Crippen molar-refractivity contribution in [1.82, 2.24) is 25.8 Å². The molecule has 8 atom stereocenters. The van der Waals surface area contributed by atoms with Gasteiger partial charge in [-0.15, -0.1) is 0 Å². The Bertz CT molecular complexity index is 1880. The molecule has 0 unspecified atom stereocenters. The number of nitrogens with one attached hydrogen (secondary N) is 3. The highest BCUT2D eigenvalue weighted by Crippen LogP contribution is 2.42. The SMILES string of the molecule is CCCCCCCCCCCCCCNC(=O)[C@H]1CN(C(=O)c2ccc(C(=O)N3C[C@@H](C(=O)N[C@H]4C[C@@H]4c4ccccc4)[C@H](C(=O)N[C@H]4C[C@@H]4c4ccccc4)C3)cc2)C[C@@H]1O. The van der Waals surface area contributed by atoms with Gasteiger partial charge in [0.05, 0.1) is 23.9 Å². The lowest BCUT2D eigenvalue weighted by Crippen LogP contribution is -2.43. The van der Waals surface area contributed by atoms with Crippen LogP contribution in [-0.4, -0.2) is 95.4 Å². The van der Waals surface area contributed by atoms with E-state index < -0.39 is 23.9 Å². The molecule has 11 nitrogen and oxygen atoms in total. The van der Waals surface area contributed by atoms with Crippen molar-refractivity contribution in [2.75, 3.05) is 32.7 Å².